The Morgan fingerprint density at radius 1 is 1.00 bits per heavy atom. The average molecular weight is 364 g/mol. The van der Waals surface area contributed by atoms with Crippen molar-refractivity contribution in [3.63, 3.8) is 0 Å². The molecule has 2 aromatic carbocycles. The Balaban J connectivity index is 2.36. The van der Waals surface area contributed by atoms with Crippen molar-refractivity contribution in [2.75, 3.05) is 0 Å². The smallest absolute Gasteiger partial charge is 0.335 e. The van der Waals surface area contributed by atoms with E-state index in [1.165, 1.54) is 6.07 Å². The van der Waals surface area contributed by atoms with Gasteiger partial charge in [-0.25, -0.2) is 13.6 Å². The van der Waals surface area contributed by atoms with E-state index in [0.717, 1.165) is 30.3 Å². The highest BCUT2D eigenvalue weighted by Crippen LogP contribution is 2.33. The van der Waals surface area contributed by atoms with Crippen molar-refractivity contribution in [3.8, 4) is 22.6 Å². The van der Waals surface area contributed by atoms with Crippen molar-refractivity contribution >= 4 is 11.9 Å². The molecule has 2 rings (SSSR count). The van der Waals surface area contributed by atoms with E-state index in [1.807, 2.05) is 0 Å². The van der Waals surface area contributed by atoms with Gasteiger partial charge in [-0.05, 0) is 24.3 Å². The Bertz CT molecular complexity index is 875. The molecule has 0 fully saturated rings. The van der Waals surface area contributed by atoms with Gasteiger partial charge in [0.25, 0.3) is 0 Å². The molecule has 2 aromatic rings. The van der Waals surface area contributed by atoms with Gasteiger partial charge in [0.15, 0.2) is 11.6 Å². The van der Waals surface area contributed by atoms with E-state index >= 15 is 0 Å². The third-order valence-electron chi connectivity index (χ3n) is 3.34. The van der Waals surface area contributed by atoms with Crippen LogP contribution in [0.15, 0.2) is 43.0 Å². The van der Waals surface area contributed by atoms with Crippen LogP contribution in [0.3, 0.4) is 0 Å². The second-order valence-electron chi connectivity index (χ2n) is 5.58. The topological polar surface area (TPSA) is 52.6 Å². The minimum atomic E-state index is -1.44. The summed E-state index contributed by atoms with van der Waals surface area (Å²) in [6, 6.07) is 5.40. The van der Waals surface area contributed by atoms with Crippen LogP contribution in [-0.4, -0.2) is 11.9 Å². The monoisotopic (exact) mass is 364 g/mol. The first-order valence-electron chi connectivity index (χ1n) is 7.58. The summed E-state index contributed by atoms with van der Waals surface area (Å²) < 4.78 is 52.1. The first-order chi connectivity index (χ1) is 12.2. The van der Waals surface area contributed by atoms with Gasteiger partial charge in [0.1, 0.15) is 11.6 Å². The van der Waals surface area contributed by atoms with E-state index in [-0.39, 0.29) is 16.9 Å². The molecule has 0 saturated carbocycles. The van der Waals surface area contributed by atoms with Gasteiger partial charge in [0.05, 0.1) is 5.92 Å². The summed E-state index contributed by atoms with van der Waals surface area (Å²) in [5, 5.41) is 0. The number of benzene rings is 2. The van der Waals surface area contributed by atoms with Crippen molar-refractivity contribution in [3.05, 3.63) is 60.4 Å². The molecule has 0 aromatic heterocycles. The van der Waals surface area contributed by atoms with Gasteiger partial charge >= 0.3 is 11.9 Å². The van der Waals surface area contributed by atoms with Crippen LogP contribution in [0.4, 0.5) is 13.2 Å². The Kier molecular flexibility index (Phi) is 5.82. The van der Waals surface area contributed by atoms with Crippen molar-refractivity contribution in [1.82, 2.24) is 0 Å². The number of carbonyl (C=O) groups is 2. The van der Waals surface area contributed by atoms with E-state index in [4.69, 9.17) is 4.74 Å². The standard InChI is InChI=1S/C19H15F3O4/c1-4-16(23)26-15-8-7-13(17(21)18(15)22)12-6-5-11(9-14(12)20)25-19(24)10(2)3/h4-10H,1H2,2-3H3. The zero-order valence-corrected chi connectivity index (χ0v) is 14.0. The summed E-state index contributed by atoms with van der Waals surface area (Å²) in [6.45, 7) is 6.38. The van der Waals surface area contributed by atoms with Gasteiger partial charge in [-0.1, -0.05) is 20.4 Å². The van der Waals surface area contributed by atoms with Crippen LogP contribution in [0, 0.1) is 23.4 Å². The van der Waals surface area contributed by atoms with Crippen molar-refractivity contribution in [2.24, 2.45) is 5.92 Å². The van der Waals surface area contributed by atoms with E-state index in [9.17, 15) is 22.8 Å². The minimum Gasteiger partial charge on any atom is -0.426 e. The molecular formula is C19H15F3O4. The summed E-state index contributed by atoms with van der Waals surface area (Å²) in [5.74, 6) is -6.34. The van der Waals surface area contributed by atoms with Crippen LogP contribution in [-0.2, 0) is 9.59 Å². The van der Waals surface area contributed by atoms with Crippen LogP contribution >= 0.6 is 0 Å². The Labute approximate surface area is 147 Å². The number of rotatable bonds is 5. The van der Waals surface area contributed by atoms with Gasteiger partial charge < -0.3 is 9.47 Å². The lowest BCUT2D eigenvalue weighted by Gasteiger charge is -2.11. The number of esters is 2. The number of hydrogen-bond acceptors (Lipinski definition) is 4. The van der Waals surface area contributed by atoms with E-state index in [1.54, 1.807) is 13.8 Å². The maximum absolute atomic E-state index is 14.3. The fourth-order valence-corrected chi connectivity index (χ4v) is 1.98. The first kappa shape index (κ1) is 19.2. The molecule has 0 atom stereocenters. The predicted molar refractivity (Wildman–Crippen MR) is 88.1 cm³/mol. The maximum Gasteiger partial charge on any atom is 0.335 e. The van der Waals surface area contributed by atoms with Crippen molar-refractivity contribution in [2.45, 2.75) is 13.8 Å². The highest BCUT2D eigenvalue weighted by atomic mass is 19.2. The molecule has 0 N–H and O–H groups in total. The van der Waals surface area contributed by atoms with Gasteiger partial charge in [-0.15, -0.1) is 0 Å². The van der Waals surface area contributed by atoms with E-state index in [2.05, 4.69) is 11.3 Å². The molecule has 0 aliphatic carbocycles. The summed E-state index contributed by atoms with van der Waals surface area (Å²) in [6.07, 6.45) is 0.794. The van der Waals surface area contributed by atoms with E-state index in [0.29, 0.717) is 0 Å². The molecule has 136 valence electrons. The van der Waals surface area contributed by atoms with Crippen LogP contribution in [0.1, 0.15) is 13.8 Å². The van der Waals surface area contributed by atoms with E-state index < -0.39 is 41.1 Å². The number of carbonyl (C=O) groups excluding carboxylic acids is 2. The third kappa shape index (κ3) is 4.11. The molecule has 0 unspecified atom stereocenters. The third-order valence-corrected chi connectivity index (χ3v) is 3.34. The Morgan fingerprint density at radius 2 is 1.65 bits per heavy atom. The Morgan fingerprint density at radius 3 is 2.23 bits per heavy atom. The number of halogens is 3. The van der Waals surface area contributed by atoms with Gasteiger partial charge in [-0.2, -0.15) is 4.39 Å². The molecule has 0 spiro atoms. The average Bonchev–Trinajstić information content (AvgIpc) is 2.59. The summed E-state index contributed by atoms with van der Waals surface area (Å²) in [4.78, 5) is 22.6. The van der Waals surface area contributed by atoms with Gasteiger partial charge in [-0.3, -0.25) is 4.79 Å². The number of ether oxygens (including phenoxy) is 2. The van der Waals surface area contributed by atoms with Gasteiger partial charge in [0, 0.05) is 23.3 Å². The fourth-order valence-electron chi connectivity index (χ4n) is 1.98. The van der Waals surface area contributed by atoms with Crippen molar-refractivity contribution in [1.29, 1.82) is 0 Å². The molecular weight excluding hydrogens is 349 g/mol. The van der Waals surface area contributed by atoms with Crippen molar-refractivity contribution < 1.29 is 32.2 Å². The molecule has 7 heteroatoms. The minimum absolute atomic E-state index is 0.0534. The van der Waals surface area contributed by atoms with Gasteiger partial charge in [0.2, 0.25) is 5.82 Å². The number of hydrogen-bond donors (Lipinski definition) is 0. The molecule has 0 bridgehead atoms. The predicted octanol–water partition coefficient (Wildman–Crippen LogP) is 4.42. The molecule has 0 aliphatic rings. The van der Waals surface area contributed by atoms with Crippen LogP contribution in [0.25, 0.3) is 11.1 Å². The molecule has 0 heterocycles. The molecule has 4 nitrogen and oxygen atoms in total. The van der Waals surface area contributed by atoms with Crippen LogP contribution < -0.4 is 9.47 Å². The maximum atomic E-state index is 14.3. The Hall–Kier alpha value is -3.09. The SMILES string of the molecule is C=CC(=O)Oc1ccc(-c2ccc(OC(=O)C(C)C)cc2F)c(F)c1F. The summed E-state index contributed by atoms with van der Waals surface area (Å²) in [5.41, 5.74) is -0.618. The van der Waals surface area contributed by atoms with Crippen LogP contribution in [0.2, 0.25) is 0 Å². The molecule has 26 heavy (non-hydrogen) atoms. The fraction of sp³-hybridized carbons (Fsp3) is 0.158. The zero-order valence-electron chi connectivity index (χ0n) is 14.0. The van der Waals surface area contributed by atoms with Crippen LogP contribution in [0.5, 0.6) is 11.5 Å². The lowest BCUT2D eigenvalue weighted by atomic mass is 10.0. The molecule has 0 aliphatic heterocycles. The first-order valence-corrected chi connectivity index (χ1v) is 7.58. The quantitative estimate of drug-likeness (QED) is 0.448. The summed E-state index contributed by atoms with van der Waals surface area (Å²) in [7, 11) is 0. The molecule has 0 saturated heterocycles. The lowest BCUT2D eigenvalue weighted by Crippen LogP contribution is -2.14. The largest absolute Gasteiger partial charge is 0.426 e. The second kappa shape index (κ2) is 7.86. The second-order valence-corrected chi connectivity index (χ2v) is 5.58. The lowest BCUT2D eigenvalue weighted by molar-refractivity contribution is -0.137. The normalized spacial score (nSPS) is 10.5. The molecule has 0 amide bonds. The highest BCUT2D eigenvalue weighted by molar-refractivity contribution is 5.83. The highest BCUT2D eigenvalue weighted by Gasteiger charge is 2.20. The summed E-state index contributed by atoms with van der Waals surface area (Å²) >= 11 is 0. The molecule has 0 radical (unpaired) electrons. The zero-order chi connectivity index (χ0) is 19.4.